The van der Waals surface area contributed by atoms with Crippen LogP contribution in [0.2, 0.25) is 0 Å². The lowest BCUT2D eigenvalue weighted by molar-refractivity contribution is -0.136. The number of amides is 1. The molecule has 120 valence electrons. The molecule has 1 aliphatic heterocycles. The van der Waals surface area contributed by atoms with Gasteiger partial charge in [-0.25, -0.2) is 4.39 Å². The molecule has 0 N–H and O–H groups in total. The van der Waals surface area contributed by atoms with Crippen molar-refractivity contribution in [1.29, 1.82) is 0 Å². The van der Waals surface area contributed by atoms with Crippen LogP contribution in [0.5, 0.6) is 0 Å². The minimum atomic E-state index is -0.206. The van der Waals surface area contributed by atoms with Gasteiger partial charge in [0.1, 0.15) is 5.82 Å². The molecule has 1 amide bonds. The number of nitrogens with zero attached hydrogens (tertiary/aromatic N) is 2. The maximum atomic E-state index is 13.0. The van der Waals surface area contributed by atoms with Crippen LogP contribution < -0.4 is 0 Å². The zero-order chi connectivity index (χ0) is 15.5. The fraction of sp³-hybridized carbons (Fsp3) is 0.611. The number of halogens is 1. The summed E-state index contributed by atoms with van der Waals surface area (Å²) in [5, 5.41) is 0. The molecule has 2 aliphatic rings. The van der Waals surface area contributed by atoms with Gasteiger partial charge in [-0.2, -0.15) is 0 Å². The summed E-state index contributed by atoms with van der Waals surface area (Å²) in [6, 6.07) is 7.36. The molecule has 4 heteroatoms. The van der Waals surface area contributed by atoms with Crippen molar-refractivity contribution in [3.05, 3.63) is 35.6 Å². The zero-order valence-corrected chi connectivity index (χ0v) is 13.3. The Kier molecular flexibility index (Phi) is 4.77. The molecule has 1 aromatic carbocycles. The molecule has 1 saturated carbocycles. The van der Waals surface area contributed by atoms with Crippen molar-refractivity contribution in [2.24, 2.45) is 0 Å². The number of hydrogen-bond donors (Lipinski definition) is 0. The predicted molar refractivity (Wildman–Crippen MR) is 85.0 cm³/mol. The molecule has 1 unspecified atom stereocenters. The third-order valence-electron chi connectivity index (χ3n) is 5.24. The average molecular weight is 304 g/mol. The quantitative estimate of drug-likeness (QED) is 0.851. The molecule has 1 atom stereocenters. The number of carbonyl (C=O) groups excluding carboxylic acids is 1. The first-order valence-electron chi connectivity index (χ1n) is 8.40. The van der Waals surface area contributed by atoms with Gasteiger partial charge in [0.15, 0.2) is 0 Å². The highest BCUT2D eigenvalue weighted by Crippen LogP contribution is 2.33. The number of hydrogen-bond acceptors (Lipinski definition) is 2. The number of carbonyl (C=O) groups is 1. The molecule has 1 saturated heterocycles. The summed E-state index contributed by atoms with van der Waals surface area (Å²) in [5.74, 6) is 0.0152. The van der Waals surface area contributed by atoms with Gasteiger partial charge in [0, 0.05) is 25.7 Å². The van der Waals surface area contributed by atoms with E-state index in [9.17, 15) is 9.18 Å². The van der Waals surface area contributed by atoms with Crippen molar-refractivity contribution in [2.75, 3.05) is 20.1 Å². The Morgan fingerprint density at radius 2 is 1.86 bits per heavy atom. The molecule has 3 nitrogen and oxygen atoms in total. The van der Waals surface area contributed by atoms with Gasteiger partial charge < -0.3 is 4.90 Å². The van der Waals surface area contributed by atoms with E-state index in [1.807, 2.05) is 24.1 Å². The molecule has 1 heterocycles. The molecule has 3 rings (SSSR count). The smallest absolute Gasteiger partial charge is 0.236 e. The third-order valence-corrected chi connectivity index (χ3v) is 5.24. The van der Waals surface area contributed by atoms with Crippen LogP contribution in [0.4, 0.5) is 4.39 Å². The number of likely N-dealkylation sites (N-methyl/N-ethyl adjacent to an activating group) is 1. The lowest BCUT2D eigenvalue weighted by atomic mass is 9.93. The lowest BCUT2D eigenvalue weighted by Gasteiger charge is -2.42. The molecular formula is C18H25FN2O. The van der Waals surface area contributed by atoms with Crippen LogP contribution in [-0.4, -0.2) is 41.9 Å². The van der Waals surface area contributed by atoms with E-state index < -0.39 is 0 Å². The highest BCUT2D eigenvalue weighted by molar-refractivity contribution is 5.78. The first kappa shape index (κ1) is 15.5. The highest BCUT2D eigenvalue weighted by atomic mass is 19.1. The average Bonchev–Trinajstić information content (AvgIpc) is 2.53. The van der Waals surface area contributed by atoms with Crippen molar-refractivity contribution < 1.29 is 9.18 Å². The summed E-state index contributed by atoms with van der Waals surface area (Å²) < 4.78 is 13.0. The van der Waals surface area contributed by atoms with Crippen LogP contribution in [0.3, 0.4) is 0 Å². The normalized spacial score (nSPS) is 23.1. The van der Waals surface area contributed by atoms with Crippen LogP contribution in [-0.2, 0) is 4.79 Å². The highest BCUT2D eigenvalue weighted by Gasteiger charge is 2.32. The Bertz CT molecular complexity index is 510. The van der Waals surface area contributed by atoms with Crippen LogP contribution in [0.25, 0.3) is 0 Å². The van der Waals surface area contributed by atoms with Crippen molar-refractivity contribution in [3.8, 4) is 0 Å². The summed E-state index contributed by atoms with van der Waals surface area (Å²) in [4.78, 5) is 16.7. The summed E-state index contributed by atoms with van der Waals surface area (Å²) in [5.41, 5.74) is 1.11. The molecule has 1 aliphatic carbocycles. The monoisotopic (exact) mass is 304 g/mol. The summed E-state index contributed by atoms with van der Waals surface area (Å²) in [6.07, 6.45) is 7.12. The van der Waals surface area contributed by atoms with Crippen molar-refractivity contribution in [1.82, 2.24) is 9.80 Å². The Morgan fingerprint density at radius 1 is 1.18 bits per heavy atom. The second-order valence-electron chi connectivity index (χ2n) is 6.62. The summed E-state index contributed by atoms with van der Waals surface area (Å²) >= 11 is 0. The maximum absolute atomic E-state index is 13.0. The van der Waals surface area contributed by atoms with E-state index in [0.717, 1.165) is 31.4 Å². The minimum absolute atomic E-state index is 0.206. The van der Waals surface area contributed by atoms with Crippen LogP contribution in [0, 0.1) is 5.82 Å². The van der Waals surface area contributed by atoms with E-state index in [-0.39, 0.29) is 17.8 Å². The van der Waals surface area contributed by atoms with Crippen LogP contribution >= 0.6 is 0 Å². The van der Waals surface area contributed by atoms with E-state index in [1.54, 1.807) is 0 Å². The van der Waals surface area contributed by atoms with Crippen molar-refractivity contribution in [3.63, 3.8) is 0 Å². The molecular weight excluding hydrogens is 279 g/mol. The van der Waals surface area contributed by atoms with Crippen LogP contribution in [0.1, 0.15) is 50.1 Å². The molecule has 1 aromatic rings. The Hall–Kier alpha value is -1.42. The van der Waals surface area contributed by atoms with Gasteiger partial charge in [0.25, 0.3) is 0 Å². The summed E-state index contributed by atoms with van der Waals surface area (Å²) in [7, 11) is 1.95. The molecule has 0 radical (unpaired) electrons. The third kappa shape index (κ3) is 3.32. The fourth-order valence-electron chi connectivity index (χ4n) is 3.65. The Balaban J connectivity index is 1.56. The molecule has 2 fully saturated rings. The van der Waals surface area contributed by atoms with Crippen LogP contribution in [0.15, 0.2) is 24.3 Å². The molecule has 0 aromatic heterocycles. The number of likely N-dealkylation sites (tertiary alicyclic amines) is 1. The van der Waals surface area contributed by atoms with E-state index in [2.05, 4.69) is 4.90 Å². The van der Waals surface area contributed by atoms with Crippen molar-refractivity contribution in [2.45, 2.75) is 50.6 Å². The van der Waals surface area contributed by atoms with Crippen molar-refractivity contribution >= 4 is 5.91 Å². The van der Waals surface area contributed by atoms with E-state index >= 15 is 0 Å². The largest absolute Gasteiger partial charge is 0.342 e. The zero-order valence-electron chi connectivity index (χ0n) is 13.3. The van der Waals surface area contributed by atoms with Gasteiger partial charge >= 0.3 is 0 Å². The second kappa shape index (κ2) is 6.78. The lowest BCUT2D eigenvalue weighted by Crippen LogP contribution is -2.49. The standard InChI is InChI=1S/C18H25FN2O/c1-20(16-5-3-2-4-6-16)18(22)13-21-12-11-17(21)14-7-9-15(19)10-8-14/h7-10,16-17H,2-6,11-13H2,1H3. The maximum Gasteiger partial charge on any atom is 0.236 e. The SMILES string of the molecule is CN(C(=O)CN1CCC1c1ccc(F)cc1)C1CCCCC1. The van der Waals surface area contributed by atoms with Gasteiger partial charge in [0.2, 0.25) is 5.91 Å². The number of rotatable bonds is 4. The minimum Gasteiger partial charge on any atom is -0.342 e. The molecule has 0 spiro atoms. The summed E-state index contributed by atoms with van der Waals surface area (Å²) in [6.45, 7) is 1.43. The second-order valence-corrected chi connectivity index (χ2v) is 6.62. The van der Waals surface area contributed by atoms with Gasteiger partial charge in [-0.3, -0.25) is 9.69 Å². The first-order chi connectivity index (χ1) is 10.6. The Morgan fingerprint density at radius 3 is 2.45 bits per heavy atom. The Labute approximate surface area is 132 Å². The van der Waals surface area contributed by atoms with Gasteiger partial charge in [0.05, 0.1) is 6.54 Å². The van der Waals surface area contributed by atoms with Gasteiger partial charge in [-0.15, -0.1) is 0 Å². The number of benzene rings is 1. The molecule has 22 heavy (non-hydrogen) atoms. The van der Waals surface area contributed by atoms with E-state index in [4.69, 9.17) is 0 Å². The molecule has 0 bridgehead atoms. The van der Waals surface area contributed by atoms with E-state index in [1.165, 1.54) is 31.4 Å². The van der Waals surface area contributed by atoms with Gasteiger partial charge in [-0.05, 0) is 37.0 Å². The fourth-order valence-corrected chi connectivity index (χ4v) is 3.65. The first-order valence-corrected chi connectivity index (χ1v) is 8.40. The predicted octanol–water partition coefficient (Wildman–Crippen LogP) is 3.36. The van der Waals surface area contributed by atoms with Gasteiger partial charge in [-0.1, -0.05) is 31.4 Å². The topological polar surface area (TPSA) is 23.6 Å². The van der Waals surface area contributed by atoms with E-state index in [0.29, 0.717) is 12.6 Å².